The van der Waals surface area contributed by atoms with Gasteiger partial charge in [-0.15, -0.1) is 0 Å². The molecule has 1 aromatic heterocycles. The summed E-state index contributed by atoms with van der Waals surface area (Å²) in [6.07, 6.45) is 7.56. The lowest BCUT2D eigenvalue weighted by molar-refractivity contribution is -0.121. The average molecular weight is 243 g/mol. The van der Waals surface area contributed by atoms with Crippen LogP contribution in [0.25, 0.3) is 0 Å². The minimum Gasteiger partial charge on any atom is -0.354 e. The topological polar surface area (TPSA) is 65.8 Å². The van der Waals surface area contributed by atoms with E-state index in [1.165, 1.54) is 0 Å². The van der Waals surface area contributed by atoms with Crippen molar-refractivity contribution in [2.24, 2.45) is 5.41 Å². The quantitative estimate of drug-likeness (QED) is 0.857. The second-order valence-corrected chi connectivity index (χ2v) is 4.88. The number of aryl methyl sites for hydroxylation is 1. The zero-order valence-electron chi connectivity index (χ0n) is 10.4. The van der Waals surface area contributed by atoms with Crippen LogP contribution in [0, 0.1) is 16.7 Å². The number of nitriles is 1. The summed E-state index contributed by atoms with van der Waals surface area (Å²) in [7, 11) is 0. The summed E-state index contributed by atoms with van der Waals surface area (Å²) in [5.74, 6) is 0.0216. The third-order valence-electron chi connectivity index (χ3n) is 3.56. The van der Waals surface area contributed by atoms with E-state index in [-0.39, 0.29) is 11.3 Å². The summed E-state index contributed by atoms with van der Waals surface area (Å²) in [6, 6.07) is 6.15. The molecule has 0 radical (unpaired) electrons. The zero-order valence-corrected chi connectivity index (χ0v) is 10.4. The van der Waals surface area contributed by atoms with Gasteiger partial charge in [-0.3, -0.25) is 9.78 Å². The van der Waals surface area contributed by atoms with Crippen molar-refractivity contribution < 1.29 is 4.79 Å². The lowest BCUT2D eigenvalue weighted by Gasteiger charge is -2.35. The molecule has 0 bridgehead atoms. The van der Waals surface area contributed by atoms with E-state index in [0.717, 1.165) is 24.8 Å². The van der Waals surface area contributed by atoms with Gasteiger partial charge in [-0.2, -0.15) is 5.26 Å². The van der Waals surface area contributed by atoms with Crippen molar-refractivity contribution in [3.8, 4) is 6.07 Å². The summed E-state index contributed by atoms with van der Waals surface area (Å²) in [6.45, 7) is 0.499. The molecule has 0 unspecified atom stereocenters. The Labute approximate surface area is 107 Å². The molecule has 1 aliphatic rings. The molecule has 1 heterocycles. The van der Waals surface area contributed by atoms with Crippen LogP contribution in [0.1, 0.15) is 31.2 Å². The number of aromatic nitrogens is 1. The Morgan fingerprint density at radius 1 is 1.44 bits per heavy atom. The van der Waals surface area contributed by atoms with Crippen LogP contribution < -0.4 is 5.32 Å². The van der Waals surface area contributed by atoms with Crippen LogP contribution in [0.3, 0.4) is 0 Å². The molecule has 94 valence electrons. The van der Waals surface area contributed by atoms with Gasteiger partial charge in [0.25, 0.3) is 0 Å². The summed E-state index contributed by atoms with van der Waals surface area (Å²) in [5, 5.41) is 11.9. The van der Waals surface area contributed by atoms with Crippen LogP contribution in [0.4, 0.5) is 0 Å². The smallest absolute Gasteiger partial charge is 0.220 e. The van der Waals surface area contributed by atoms with Crippen molar-refractivity contribution in [1.29, 1.82) is 5.26 Å². The van der Waals surface area contributed by atoms with Gasteiger partial charge in [0.1, 0.15) is 0 Å². The van der Waals surface area contributed by atoms with Crippen molar-refractivity contribution in [3.05, 3.63) is 30.1 Å². The molecule has 0 aromatic carbocycles. The van der Waals surface area contributed by atoms with Gasteiger partial charge in [-0.1, -0.05) is 6.42 Å². The Morgan fingerprint density at radius 2 is 2.17 bits per heavy atom. The van der Waals surface area contributed by atoms with Gasteiger partial charge in [-0.05, 0) is 37.0 Å². The van der Waals surface area contributed by atoms with E-state index in [0.29, 0.717) is 19.4 Å². The van der Waals surface area contributed by atoms with Gasteiger partial charge in [0.2, 0.25) is 5.91 Å². The largest absolute Gasteiger partial charge is 0.354 e. The second-order valence-electron chi connectivity index (χ2n) is 4.88. The minimum absolute atomic E-state index is 0.0216. The molecule has 1 N–H and O–H groups in total. The molecule has 0 atom stereocenters. The fourth-order valence-corrected chi connectivity index (χ4v) is 2.10. The highest BCUT2D eigenvalue weighted by molar-refractivity contribution is 5.76. The first kappa shape index (κ1) is 12.6. The van der Waals surface area contributed by atoms with Crippen LogP contribution in [-0.2, 0) is 11.2 Å². The maximum atomic E-state index is 11.7. The number of amides is 1. The highest BCUT2D eigenvalue weighted by atomic mass is 16.1. The SMILES string of the molecule is N#CC1(CNC(=O)CCc2ccncc2)CCC1. The molecule has 1 aliphatic carbocycles. The number of rotatable bonds is 5. The molecule has 1 aromatic rings. The summed E-state index contributed by atoms with van der Waals surface area (Å²) < 4.78 is 0. The van der Waals surface area contributed by atoms with Crippen LogP contribution in [0.15, 0.2) is 24.5 Å². The van der Waals surface area contributed by atoms with E-state index in [2.05, 4.69) is 16.4 Å². The second kappa shape index (κ2) is 5.63. The molecule has 4 nitrogen and oxygen atoms in total. The minimum atomic E-state index is -0.285. The standard InChI is InChI=1S/C14H17N3O/c15-10-14(6-1-7-14)11-17-13(18)3-2-12-4-8-16-9-5-12/h4-5,8-9H,1-3,6-7,11H2,(H,17,18). The fraction of sp³-hybridized carbons (Fsp3) is 0.500. The van der Waals surface area contributed by atoms with Crippen LogP contribution in [0.2, 0.25) is 0 Å². The zero-order chi connectivity index (χ0) is 12.8. The number of hydrogen-bond acceptors (Lipinski definition) is 3. The van der Waals surface area contributed by atoms with Crippen molar-refractivity contribution in [3.63, 3.8) is 0 Å². The monoisotopic (exact) mass is 243 g/mol. The number of nitrogens with zero attached hydrogens (tertiary/aromatic N) is 2. The van der Waals surface area contributed by atoms with Crippen LogP contribution in [0.5, 0.6) is 0 Å². The van der Waals surface area contributed by atoms with E-state index in [1.807, 2.05) is 12.1 Å². The normalized spacial score (nSPS) is 16.4. The van der Waals surface area contributed by atoms with Crippen LogP contribution in [-0.4, -0.2) is 17.4 Å². The molecular weight excluding hydrogens is 226 g/mol. The van der Waals surface area contributed by atoms with Crippen molar-refractivity contribution >= 4 is 5.91 Å². The highest BCUT2D eigenvalue weighted by Crippen LogP contribution is 2.39. The van der Waals surface area contributed by atoms with Gasteiger partial charge in [0.05, 0.1) is 11.5 Å². The Hall–Kier alpha value is -1.89. The van der Waals surface area contributed by atoms with E-state index >= 15 is 0 Å². The molecule has 4 heteroatoms. The molecule has 1 amide bonds. The predicted molar refractivity (Wildman–Crippen MR) is 67.5 cm³/mol. The predicted octanol–water partition coefficient (Wildman–Crippen LogP) is 1.82. The van der Waals surface area contributed by atoms with Gasteiger partial charge < -0.3 is 5.32 Å². The van der Waals surface area contributed by atoms with Crippen molar-refractivity contribution in [2.75, 3.05) is 6.54 Å². The van der Waals surface area contributed by atoms with Crippen molar-refractivity contribution in [1.82, 2.24) is 10.3 Å². The number of pyridine rings is 1. The first-order valence-electron chi connectivity index (χ1n) is 6.31. The molecule has 0 spiro atoms. The lowest BCUT2D eigenvalue weighted by Crippen LogP contribution is -2.41. The average Bonchev–Trinajstić information content (AvgIpc) is 2.37. The number of carbonyl (C=O) groups excluding carboxylic acids is 1. The van der Waals surface area contributed by atoms with E-state index in [9.17, 15) is 4.79 Å². The Morgan fingerprint density at radius 3 is 2.72 bits per heavy atom. The lowest BCUT2D eigenvalue weighted by atomic mass is 9.70. The number of hydrogen-bond donors (Lipinski definition) is 1. The molecule has 18 heavy (non-hydrogen) atoms. The third-order valence-corrected chi connectivity index (χ3v) is 3.56. The van der Waals surface area contributed by atoms with Crippen LogP contribution >= 0.6 is 0 Å². The molecular formula is C14H17N3O. The molecule has 1 fully saturated rings. The van der Waals surface area contributed by atoms with Crippen molar-refractivity contribution in [2.45, 2.75) is 32.1 Å². The van der Waals surface area contributed by atoms with E-state index in [1.54, 1.807) is 12.4 Å². The van der Waals surface area contributed by atoms with Gasteiger partial charge in [0.15, 0.2) is 0 Å². The Balaban J connectivity index is 1.71. The van der Waals surface area contributed by atoms with Gasteiger partial charge >= 0.3 is 0 Å². The summed E-state index contributed by atoms with van der Waals surface area (Å²) >= 11 is 0. The first-order valence-corrected chi connectivity index (χ1v) is 6.31. The number of carbonyl (C=O) groups is 1. The Bertz CT molecular complexity index is 446. The van der Waals surface area contributed by atoms with E-state index < -0.39 is 0 Å². The van der Waals surface area contributed by atoms with E-state index in [4.69, 9.17) is 5.26 Å². The first-order chi connectivity index (χ1) is 8.74. The maximum absolute atomic E-state index is 11.7. The fourth-order valence-electron chi connectivity index (χ4n) is 2.10. The summed E-state index contributed by atoms with van der Waals surface area (Å²) in [5.41, 5.74) is 0.825. The third kappa shape index (κ3) is 3.07. The molecule has 0 saturated heterocycles. The Kier molecular flexibility index (Phi) is 3.93. The van der Waals surface area contributed by atoms with Gasteiger partial charge in [0, 0.05) is 25.4 Å². The van der Waals surface area contributed by atoms with Gasteiger partial charge in [-0.25, -0.2) is 0 Å². The molecule has 2 rings (SSSR count). The maximum Gasteiger partial charge on any atom is 0.220 e. The highest BCUT2D eigenvalue weighted by Gasteiger charge is 2.37. The number of nitrogens with one attached hydrogen (secondary N) is 1. The molecule has 0 aliphatic heterocycles. The molecule has 1 saturated carbocycles. The summed E-state index contributed by atoms with van der Waals surface area (Å²) in [4.78, 5) is 15.6.